The quantitative estimate of drug-likeness (QED) is 0.473. The third kappa shape index (κ3) is 3.30. The Kier molecular flexibility index (Phi) is 4.43. The first-order valence-corrected chi connectivity index (χ1v) is 9.65. The molecule has 2 aromatic carbocycles. The fourth-order valence-electron chi connectivity index (χ4n) is 3.91. The first-order chi connectivity index (χ1) is 14.9. The van der Waals surface area contributed by atoms with Crippen LogP contribution in [0.2, 0.25) is 0 Å². The molecule has 1 amide bonds. The monoisotopic (exact) mass is 423 g/mol. The van der Waals surface area contributed by atoms with E-state index in [1.165, 1.54) is 18.2 Å². The lowest BCUT2D eigenvalue weighted by Gasteiger charge is -2.15. The normalized spacial score (nSPS) is 12.9. The molecular weight excluding hydrogens is 407 g/mol. The molecule has 0 spiro atoms. The molecule has 0 bridgehead atoms. The molecular formula is C23H16F3N3O2. The summed E-state index contributed by atoms with van der Waals surface area (Å²) in [7, 11) is 0. The van der Waals surface area contributed by atoms with Crippen LogP contribution in [0.25, 0.3) is 16.9 Å². The highest BCUT2D eigenvalue weighted by Crippen LogP contribution is 2.38. The Morgan fingerprint density at radius 2 is 1.74 bits per heavy atom. The van der Waals surface area contributed by atoms with E-state index in [0.29, 0.717) is 18.4 Å². The van der Waals surface area contributed by atoms with E-state index in [9.17, 15) is 18.0 Å². The van der Waals surface area contributed by atoms with Crippen molar-refractivity contribution < 1.29 is 22.4 Å². The van der Waals surface area contributed by atoms with Crippen LogP contribution in [0.3, 0.4) is 0 Å². The second-order valence-electron chi connectivity index (χ2n) is 7.18. The number of hydrogen-bond acceptors (Lipinski definition) is 3. The van der Waals surface area contributed by atoms with Gasteiger partial charge >= 0.3 is 6.18 Å². The number of aryl methyl sites for hydroxylation is 1. The summed E-state index contributed by atoms with van der Waals surface area (Å²) in [6, 6.07) is 16.0. The highest BCUT2D eigenvalue weighted by Gasteiger charge is 2.35. The number of rotatable bonds is 3. The van der Waals surface area contributed by atoms with Crippen molar-refractivity contribution >= 4 is 11.6 Å². The number of fused-ring (bicyclic) bond motifs is 3. The molecule has 156 valence electrons. The van der Waals surface area contributed by atoms with Crippen LogP contribution in [-0.2, 0) is 19.0 Å². The van der Waals surface area contributed by atoms with E-state index in [4.69, 9.17) is 4.42 Å². The van der Waals surface area contributed by atoms with Crippen molar-refractivity contribution in [3.63, 3.8) is 0 Å². The summed E-state index contributed by atoms with van der Waals surface area (Å²) in [5.74, 6) is 0.105. The first kappa shape index (κ1) is 19.2. The molecule has 5 rings (SSSR count). The number of para-hydroxylation sites is 2. The van der Waals surface area contributed by atoms with Gasteiger partial charge in [0.2, 0.25) is 0 Å². The second kappa shape index (κ2) is 7.16. The standard InChI is InChI=1S/C23H16F3N3O2/c24-23(25,26)17-8-4-5-9-18(17)27-22(30)20-16-10-11-19-15(12-13-31-19)21(16)29(28-20)14-6-2-1-3-7-14/h1-9,12-13H,10-11H2,(H,27,30). The van der Waals surface area contributed by atoms with Crippen LogP contribution in [0.1, 0.15) is 27.4 Å². The van der Waals surface area contributed by atoms with Gasteiger partial charge in [0, 0.05) is 17.5 Å². The molecule has 1 N–H and O–H groups in total. The maximum Gasteiger partial charge on any atom is 0.418 e. The van der Waals surface area contributed by atoms with Crippen molar-refractivity contribution in [1.82, 2.24) is 9.78 Å². The molecule has 5 nitrogen and oxygen atoms in total. The van der Waals surface area contributed by atoms with E-state index in [2.05, 4.69) is 10.4 Å². The maximum absolute atomic E-state index is 13.3. The molecule has 2 heterocycles. The van der Waals surface area contributed by atoms with Gasteiger partial charge in [-0.2, -0.15) is 18.3 Å². The van der Waals surface area contributed by atoms with Crippen molar-refractivity contribution in [2.75, 3.05) is 5.32 Å². The molecule has 0 radical (unpaired) electrons. The van der Waals surface area contributed by atoms with E-state index in [0.717, 1.165) is 28.8 Å². The van der Waals surface area contributed by atoms with Crippen LogP contribution in [0.4, 0.5) is 18.9 Å². The van der Waals surface area contributed by atoms with Crippen LogP contribution in [0.5, 0.6) is 0 Å². The number of alkyl halides is 3. The molecule has 0 fully saturated rings. The summed E-state index contributed by atoms with van der Waals surface area (Å²) in [5, 5.41) is 6.92. The predicted octanol–water partition coefficient (Wildman–Crippen LogP) is 5.50. The molecule has 8 heteroatoms. The van der Waals surface area contributed by atoms with E-state index in [1.807, 2.05) is 36.4 Å². The van der Waals surface area contributed by atoms with Gasteiger partial charge in [0.25, 0.3) is 5.91 Å². The number of halogens is 3. The summed E-state index contributed by atoms with van der Waals surface area (Å²) in [6.45, 7) is 0. The van der Waals surface area contributed by atoms with E-state index in [1.54, 1.807) is 10.9 Å². The van der Waals surface area contributed by atoms with Gasteiger partial charge in [-0.25, -0.2) is 4.68 Å². The Morgan fingerprint density at radius 3 is 2.52 bits per heavy atom. The summed E-state index contributed by atoms with van der Waals surface area (Å²) in [5.41, 5.74) is 1.85. The fourth-order valence-corrected chi connectivity index (χ4v) is 3.91. The fraction of sp³-hybridized carbons (Fsp3) is 0.130. The Morgan fingerprint density at radius 1 is 1.00 bits per heavy atom. The highest BCUT2D eigenvalue weighted by atomic mass is 19.4. The number of hydrogen-bond donors (Lipinski definition) is 1. The Hall–Kier alpha value is -3.81. The summed E-state index contributed by atoms with van der Waals surface area (Å²) >= 11 is 0. The number of amides is 1. The third-order valence-electron chi connectivity index (χ3n) is 5.28. The van der Waals surface area contributed by atoms with Gasteiger partial charge in [0.15, 0.2) is 5.69 Å². The number of furan rings is 1. The summed E-state index contributed by atoms with van der Waals surface area (Å²) in [6.07, 6.45) is -1.93. The molecule has 0 atom stereocenters. The first-order valence-electron chi connectivity index (χ1n) is 9.65. The van der Waals surface area contributed by atoms with Crippen molar-refractivity contribution in [3.8, 4) is 16.9 Å². The van der Waals surface area contributed by atoms with Crippen molar-refractivity contribution in [2.45, 2.75) is 19.0 Å². The lowest BCUT2D eigenvalue weighted by molar-refractivity contribution is -0.136. The summed E-state index contributed by atoms with van der Waals surface area (Å²) in [4.78, 5) is 13.1. The zero-order valence-electron chi connectivity index (χ0n) is 16.1. The molecule has 31 heavy (non-hydrogen) atoms. The average molecular weight is 423 g/mol. The molecule has 0 saturated heterocycles. The average Bonchev–Trinajstić information content (AvgIpc) is 3.38. The summed E-state index contributed by atoms with van der Waals surface area (Å²) < 4.78 is 47.2. The van der Waals surface area contributed by atoms with Crippen molar-refractivity contribution in [1.29, 1.82) is 0 Å². The maximum atomic E-state index is 13.3. The van der Waals surface area contributed by atoms with Gasteiger partial charge in [-0.05, 0) is 36.8 Å². The van der Waals surface area contributed by atoms with Crippen LogP contribution >= 0.6 is 0 Å². The molecule has 2 aromatic heterocycles. The second-order valence-corrected chi connectivity index (χ2v) is 7.18. The predicted molar refractivity (Wildman–Crippen MR) is 108 cm³/mol. The Balaban J connectivity index is 1.61. The Labute approximate surface area is 175 Å². The molecule has 0 unspecified atom stereocenters. The number of nitrogens with one attached hydrogen (secondary N) is 1. The number of carbonyl (C=O) groups excluding carboxylic acids is 1. The minimum Gasteiger partial charge on any atom is -0.469 e. The van der Waals surface area contributed by atoms with Crippen LogP contribution < -0.4 is 5.32 Å². The minimum atomic E-state index is -4.58. The van der Waals surface area contributed by atoms with Gasteiger partial charge in [0.05, 0.1) is 28.9 Å². The van der Waals surface area contributed by atoms with E-state index in [-0.39, 0.29) is 11.4 Å². The number of nitrogens with zero attached hydrogens (tertiary/aromatic N) is 2. The zero-order chi connectivity index (χ0) is 21.6. The van der Waals surface area contributed by atoms with E-state index >= 15 is 0 Å². The molecule has 4 aromatic rings. The minimum absolute atomic E-state index is 0.0997. The van der Waals surface area contributed by atoms with Gasteiger partial charge in [-0.3, -0.25) is 4.79 Å². The topological polar surface area (TPSA) is 60.1 Å². The molecule has 1 aliphatic rings. The van der Waals surface area contributed by atoms with Crippen molar-refractivity contribution in [3.05, 3.63) is 89.5 Å². The molecule has 1 aliphatic carbocycles. The zero-order valence-corrected chi connectivity index (χ0v) is 16.1. The van der Waals surface area contributed by atoms with Crippen molar-refractivity contribution in [2.24, 2.45) is 0 Å². The SMILES string of the molecule is O=C(Nc1ccccc1C(F)(F)F)c1nn(-c2ccccc2)c2c1CCc1occc1-2. The van der Waals surface area contributed by atoms with Crippen LogP contribution in [-0.4, -0.2) is 15.7 Å². The lowest BCUT2D eigenvalue weighted by Crippen LogP contribution is -2.18. The number of anilines is 1. The van der Waals surface area contributed by atoms with Gasteiger partial charge in [-0.15, -0.1) is 0 Å². The number of benzene rings is 2. The molecule has 0 saturated carbocycles. The smallest absolute Gasteiger partial charge is 0.418 e. The van der Waals surface area contributed by atoms with Gasteiger partial charge in [-0.1, -0.05) is 30.3 Å². The number of carbonyl (C=O) groups is 1. The van der Waals surface area contributed by atoms with Crippen LogP contribution in [0, 0.1) is 0 Å². The molecule has 0 aliphatic heterocycles. The Bertz CT molecular complexity index is 1270. The highest BCUT2D eigenvalue weighted by molar-refractivity contribution is 6.05. The van der Waals surface area contributed by atoms with E-state index < -0.39 is 17.6 Å². The van der Waals surface area contributed by atoms with Crippen LogP contribution in [0.15, 0.2) is 71.3 Å². The largest absolute Gasteiger partial charge is 0.469 e. The van der Waals surface area contributed by atoms with Gasteiger partial charge in [0.1, 0.15) is 5.76 Å². The third-order valence-corrected chi connectivity index (χ3v) is 5.28. The number of aromatic nitrogens is 2. The van der Waals surface area contributed by atoms with Gasteiger partial charge < -0.3 is 9.73 Å². The lowest BCUT2D eigenvalue weighted by atomic mass is 9.94.